The van der Waals surface area contributed by atoms with Gasteiger partial charge in [0, 0.05) is 19.4 Å². The van der Waals surface area contributed by atoms with Crippen molar-refractivity contribution in [3.63, 3.8) is 0 Å². The predicted octanol–water partition coefficient (Wildman–Crippen LogP) is -5.60. The molecular weight excluding hydrogens is 1100 g/mol. The van der Waals surface area contributed by atoms with E-state index in [-0.39, 0.29) is 44.7 Å². The fraction of sp³-hybridized carbons (Fsp3) is 0.706. The Labute approximate surface area is 479 Å². The molecule has 0 bridgehead atoms. The van der Waals surface area contributed by atoms with Crippen molar-refractivity contribution < 1.29 is 87.2 Å². The summed E-state index contributed by atoms with van der Waals surface area (Å²) < 4.78 is 0. The summed E-state index contributed by atoms with van der Waals surface area (Å²) in [5.74, 6) is -15.7. The van der Waals surface area contributed by atoms with E-state index in [1.165, 1.54) is 20.8 Å². The molecule has 2 saturated heterocycles. The number of nitrogens with one attached hydrogen (secondary N) is 11. The van der Waals surface area contributed by atoms with Crippen molar-refractivity contribution in [2.75, 3.05) is 26.2 Å². The molecule has 2 heterocycles. The second-order valence-corrected chi connectivity index (χ2v) is 21.2. The number of aliphatic carboxylic acids is 3. The van der Waals surface area contributed by atoms with E-state index in [1.807, 2.05) is 5.32 Å². The van der Waals surface area contributed by atoms with Crippen LogP contribution in [0.1, 0.15) is 126 Å². The standard InChI is InChI=1S/C51H84N14O18/c1-24(2)39(64-47(78)34-14-11-21-65(34)50(81)32(16-18-37(68)69)61-42(73)28(7)57-41(72)27(6)58-44(75)29-13-10-20-54-29)48(79)55-23-36(67)56-26(5)43(74)63-40(25(3)4)49(80)60-30(12-8-9-19-52)45(76)59-31(15-17-35(53)66)46(77)62-33(51(82)83)22-38(70)71/h24-34,39-40,54H,8-23,52H2,1-7H3,(H2,53,66)(H,55,79)(H,56,67)(H,57,72)(H,58,75)(H,59,76)(H,60,80)(H,61,73)(H,62,77)(H,63,74)(H,64,78)(H,68,69)(H,70,71)(H,82,83)/t26-,27-,28-,29-,30-,31-,32-,33-,34-,39-,40-/m0/s1. The molecule has 0 saturated carbocycles. The smallest absolute Gasteiger partial charge is 0.326 e. The lowest BCUT2D eigenvalue weighted by Gasteiger charge is -2.31. The Morgan fingerprint density at radius 1 is 0.530 bits per heavy atom. The molecule has 0 aliphatic carbocycles. The van der Waals surface area contributed by atoms with E-state index in [2.05, 4.69) is 53.2 Å². The molecule has 11 atom stereocenters. The highest BCUT2D eigenvalue weighted by molar-refractivity contribution is 5.99. The van der Waals surface area contributed by atoms with Gasteiger partial charge in [0.05, 0.1) is 19.0 Å². The third kappa shape index (κ3) is 24.5. The van der Waals surface area contributed by atoms with Crippen LogP contribution in [0.15, 0.2) is 0 Å². The van der Waals surface area contributed by atoms with Gasteiger partial charge in [0.15, 0.2) is 0 Å². The van der Waals surface area contributed by atoms with Crippen molar-refractivity contribution in [2.24, 2.45) is 23.3 Å². The average Bonchev–Trinajstić information content (AvgIpc) is 4.35. The summed E-state index contributed by atoms with van der Waals surface area (Å²) in [6.07, 6.45) is -0.439. The van der Waals surface area contributed by atoms with Gasteiger partial charge in [0.1, 0.15) is 60.4 Å². The number of nitrogens with zero attached hydrogens (tertiary/aromatic N) is 1. The number of carbonyl (C=O) groups is 15. The lowest BCUT2D eigenvalue weighted by molar-refractivity contribution is -0.147. The maximum Gasteiger partial charge on any atom is 0.326 e. The number of carboxylic acids is 3. The Morgan fingerprint density at radius 3 is 1.61 bits per heavy atom. The van der Waals surface area contributed by atoms with E-state index in [0.717, 1.165) is 11.3 Å². The Kier molecular flexibility index (Phi) is 30.0. The molecule has 83 heavy (non-hydrogen) atoms. The molecule has 0 unspecified atom stereocenters. The topological polar surface area (TPSA) is 504 Å². The number of hydrogen-bond acceptors (Lipinski definition) is 17. The number of amides is 12. The number of nitrogens with two attached hydrogens (primary N) is 2. The zero-order valence-corrected chi connectivity index (χ0v) is 47.9. The molecule has 2 aliphatic heterocycles. The molecular formula is C51H84N14O18. The van der Waals surface area contributed by atoms with Gasteiger partial charge in [0.2, 0.25) is 70.9 Å². The molecule has 0 radical (unpaired) electrons. The van der Waals surface area contributed by atoms with Crippen LogP contribution in [0.2, 0.25) is 0 Å². The lowest BCUT2D eigenvalue weighted by Crippen LogP contribution is -2.60. The number of likely N-dealkylation sites (tertiary alicyclic amines) is 1. The highest BCUT2D eigenvalue weighted by atomic mass is 16.4. The van der Waals surface area contributed by atoms with Crippen LogP contribution in [-0.2, 0) is 71.9 Å². The van der Waals surface area contributed by atoms with Gasteiger partial charge in [-0.15, -0.1) is 0 Å². The summed E-state index contributed by atoms with van der Waals surface area (Å²) >= 11 is 0. The van der Waals surface area contributed by atoms with Crippen LogP contribution in [0.3, 0.4) is 0 Å². The van der Waals surface area contributed by atoms with Gasteiger partial charge in [-0.25, -0.2) is 4.79 Å². The van der Waals surface area contributed by atoms with Crippen LogP contribution in [0, 0.1) is 11.8 Å². The van der Waals surface area contributed by atoms with Gasteiger partial charge in [0.25, 0.3) is 0 Å². The predicted molar refractivity (Wildman–Crippen MR) is 291 cm³/mol. The molecule has 12 amide bonds. The quantitative estimate of drug-likeness (QED) is 0.0260. The minimum absolute atomic E-state index is 0.0250. The molecule has 0 spiro atoms. The van der Waals surface area contributed by atoms with Gasteiger partial charge in [-0.3, -0.25) is 67.1 Å². The summed E-state index contributed by atoms with van der Waals surface area (Å²) in [4.78, 5) is 195. The van der Waals surface area contributed by atoms with E-state index in [1.54, 1.807) is 27.7 Å². The van der Waals surface area contributed by atoms with Gasteiger partial charge in [-0.1, -0.05) is 27.7 Å². The van der Waals surface area contributed by atoms with Crippen LogP contribution in [-0.4, -0.2) is 202 Å². The monoisotopic (exact) mass is 1180 g/mol. The van der Waals surface area contributed by atoms with Gasteiger partial charge in [-0.05, 0) is 103 Å². The van der Waals surface area contributed by atoms with E-state index in [4.69, 9.17) is 16.6 Å². The Balaban J connectivity index is 2.11. The first-order valence-electron chi connectivity index (χ1n) is 27.6. The highest BCUT2D eigenvalue weighted by Gasteiger charge is 2.41. The summed E-state index contributed by atoms with van der Waals surface area (Å²) in [5, 5.41) is 55.3. The van der Waals surface area contributed by atoms with Crippen molar-refractivity contribution in [1.29, 1.82) is 0 Å². The van der Waals surface area contributed by atoms with Crippen LogP contribution in [0.5, 0.6) is 0 Å². The minimum Gasteiger partial charge on any atom is -0.481 e. The van der Waals surface area contributed by atoms with E-state index < -0.39 is 193 Å². The molecule has 0 aromatic carbocycles. The van der Waals surface area contributed by atoms with Crippen molar-refractivity contribution >= 4 is 88.8 Å². The summed E-state index contributed by atoms with van der Waals surface area (Å²) in [7, 11) is 0. The summed E-state index contributed by atoms with van der Waals surface area (Å²) in [6.45, 7) is 10.5. The first-order valence-corrected chi connectivity index (χ1v) is 27.6. The third-order valence-electron chi connectivity index (χ3n) is 13.6. The number of hydrogen-bond donors (Lipinski definition) is 16. The summed E-state index contributed by atoms with van der Waals surface area (Å²) in [6, 6.07) is -14.2. The molecule has 0 aromatic heterocycles. The lowest BCUT2D eigenvalue weighted by atomic mass is 10.0. The van der Waals surface area contributed by atoms with Crippen LogP contribution >= 0.6 is 0 Å². The second-order valence-electron chi connectivity index (χ2n) is 21.2. The average molecular weight is 1180 g/mol. The third-order valence-corrected chi connectivity index (χ3v) is 13.6. The Morgan fingerprint density at radius 2 is 1.06 bits per heavy atom. The molecule has 2 aliphatic rings. The zero-order valence-electron chi connectivity index (χ0n) is 47.9. The van der Waals surface area contributed by atoms with Crippen molar-refractivity contribution in [3.05, 3.63) is 0 Å². The van der Waals surface area contributed by atoms with E-state index in [0.29, 0.717) is 25.8 Å². The normalized spacial score (nSPS) is 18.0. The first-order chi connectivity index (χ1) is 38.9. The number of primary amides is 1. The number of carbonyl (C=O) groups excluding carboxylic acids is 12. The molecule has 2 fully saturated rings. The zero-order chi connectivity index (χ0) is 62.8. The maximum atomic E-state index is 14.0. The maximum absolute atomic E-state index is 14.0. The molecule has 2 rings (SSSR count). The number of carboxylic acid groups (broad SMARTS) is 3. The first kappa shape index (κ1) is 71.1. The molecule has 466 valence electrons. The SMILES string of the molecule is CC(C)[C@H](NC(=O)[C@H](C)NC(=O)CNC(=O)[C@@H](NC(=O)[C@@H]1CCCN1C(=O)[C@H](CCC(=O)O)NC(=O)[C@H](C)NC(=O)[C@H](C)NC(=O)[C@@H]1CCCN1)C(C)C)C(=O)N[C@@H](CCCCN)C(=O)N[C@@H](CCC(N)=O)C(=O)N[C@@H](CC(=O)O)C(=O)O. The fourth-order valence-electron chi connectivity index (χ4n) is 8.75. The van der Waals surface area contributed by atoms with Gasteiger partial charge < -0.3 is 90.2 Å². The molecule has 0 aromatic rings. The van der Waals surface area contributed by atoms with Crippen molar-refractivity contribution in [1.82, 2.24) is 63.4 Å². The molecule has 18 N–H and O–H groups in total. The van der Waals surface area contributed by atoms with E-state index >= 15 is 0 Å². The number of unbranched alkanes of at least 4 members (excludes halogenated alkanes) is 1. The van der Waals surface area contributed by atoms with Gasteiger partial charge >= 0.3 is 17.9 Å². The second kappa shape index (κ2) is 35.1. The van der Waals surface area contributed by atoms with Crippen LogP contribution < -0.4 is 70.0 Å². The van der Waals surface area contributed by atoms with Gasteiger partial charge in [-0.2, -0.15) is 0 Å². The summed E-state index contributed by atoms with van der Waals surface area (Å²) in [5.41, 5.74) is 10.9. The Hall–Kier alpha value is -8.03. The largest absolute Gasteiger partial charge is 0.481 e. The van der Waals surface area contributed by atoms with Crippen LogP contribution in [0.4, 0.5) is 0 Å². The number of rotatable bonds is 36. The highest BCUT2D eigenvalue weighted by Crippen LogP contribution is 2.21. The molecule has 32 heteroatoms. The Bertz CT molecular complexity index is 2370. The van der Waals surface area contributed by atoms with E-state index in [9.17, 15) is 82.1 Å². The minimum atomic E-state index is -1.91. The van der Waals surface area contributed by atoms with Crippen molar-refractivity contribution in [2.45, 2.75) is 192 Å². The van der Waals surface area contributed by atoms with Crippen LogP contribution in [0.25, 0.3) is 0 Å². The molecule has 32 nitrogen and oxygen atoms in total. The van der Waals surface area contributed by atoms with Crippen molar-refractivity contribution in [3.8, 4) is 0 Å². The fourth-order valence-corrected chi connectivity index (χ4v) is 8.75.